The highest BCUT2D eigenvalue weighted by Crippen LogP contribution is 2.31. The smallest absolute Gasteiger partial charge is 0.228 e. The van der Waals surface area contributed by atoms with Gasteiger partial charge in [-0.3, -0.25) is 9.69 Å². The predicted octanol–water partition coefficient (Wildman–Crippen LogP) is 4.66. The third-order valence-electron chi connectivity index (χ3n) is 3.69. The molecule has 0 radical (unpaired) electrons. The summed E-state index contributed by atoms with van der Waals surface area (Å²) < 4.78 is 0. The van der Waals surface area contributed by atoms with E-state index in [0.29, 0.717) is 18.1 Å². The highest BCUT2D eigenvalue weighted by atomic mass is 32.1. The topological polar surface area (TPSA) is 46.1 Å². The fraction of sp³-hybridized carbons (Fsp3) is 0.500. The molecule has 5 heteroatoms. The van der Waals surface area contributed by atoms with Crippen molar-refractivity contribution in [2.24, 2.45) is 0 Å². The van der Waals surface area contributed by atoms with Crippen molar-refractivity contribution in [3.05, 3.63) is 29.8 Å². The molecule has 1 aromatic heterocycles. The van der Waals surface area contributed by atoms with Gasteiger partial charge in [0.25, 0.3) is 0 Å². The lowest BCUT2D eigenvalue weighted by Crippen LogP contribution is -2.30. The van der Waals surface area contributed by atoms with E-state index in [0.717, 1.165) is 17.0 Å². The van der Waals surface area contributed by atoms with E-state index in [4.69, 9.17) is 0 Å². The van der Waals surface area contributed by atoms with Gasteiger partial charge in [-0.2, -0.15) is 0 Å². The number of hydrogen-bond acceptors (Lipinski definition) is 4. The van der Waals surface area contributed by atoms with Crippen molar-refractivity contribution < 1.29 is 4.79 Å². The second kappa shape index (κ2) is 7.21. The van der Waals surface area contributed by atoms with Crippen molar-refractivity contribution in [2.75, 3.05) is 11.4 Å². The zero-order chi connectivity index (χ0) is 17.0. The Balaban J connectivity index is 2.26. The van der Waals surface area contributed by atoms with Gasteiger partial charge in [-0.05, 0) is 17.4 Å². The molecule has 1 amide bonds. The van der Waals surface area contributed by atoms with Gasteiger partial charge < -0.3 is 0 Å². The number of benzene rings is 1. The molecular weight excluding hydrogens is 306 g/mol. The average Bonchev–Trinajstić information content (AvgIpc) is 3.00. The van der Waals surface area contributed by atoms with Crippen LogP contribution in [0.1, 0.15) is 53.0 Å². The number of carbonyl (C=O) groups is 1. The summed E-state index contributed by atoms with van der Waals surface area (Å²) in [7, 11) is 0. The standard InChI is InChI=1S/C18H25N3OS/c1-6-12-21(15(22)7-2)17-20-19-16(23-17)13-8-10-14(11-9-13)18(3,4)5/h8-11H,6-7,12H2,1-5H3. The lowest BCUT2D eigenvalue weighted by Gasteiger charge is -2.18. The molecule has 0 atom stereocenters. The molecule has 0 unspecified atom stereocenters. The summed E-state index contributed by atoms with van der Waals surface area (Å²) in [4.78, 5) is 13.8. The van der Waals surface area contributed by atoms with Crippen LogP contribution in [0.4, 0.5) is 5.13 Å². The first-order valence-electron chi connectivity index (χ1n) is 8.11. The Kier molecular flexibility index (Phi) is 5.52. The van der Waals surface area contributed by atoms with E-state index in [9.17, 15) is 4.79 Å². The largest absolute Gasteiger partial charge is 0.287 e. The van der Waals surface area contributed by atoms with Gasteiger partial charge in [-0.1, -0.05) is 70.2 Å². The van der Waals surface area contributed by atoms with Crippen LogP contribution >= 0.6 is 11.3 Å². The molecule has 0 saturated carbocycles. The summed E-state index contributed by atoms with van der Waals surface area (Å²) in [6, 6.07) is 8.43. The molecule has 0 spiro atoms. The summed E-state index contributed by atoms with van der Waals surface area (Å²) in [5, 5.41) is 10.0. The number of carbonyl (C=O) groups excluding carboxylic acids is 1. The highest BCUT2D eigenvalue weighted by molar-refractivity contribution is 7.18. The van der Waals surface area contributed by atoms with E-state index in [-0.39, 0.29) is 11.3 Å². The molecule has 0 fully saturated rings. The number of nitrogens with zero attached hydrogens (tertiary/aromatic N) is 3. The van der Waals surface area contributed by atoms with Gasteiger partial charge in [0.2, 0.25) is 11.0 Å². The number of rotatable bonds is 5. The molecule has 124 valence electrons. The first kappa shape index (κ1) is 17.6. The summed E-state index contributed by atoms with van der Waals surface area (Å²) in [6.45, 7) is 11.2. The van der Waals surface area contributed by atoms with Gasteiger partial charge in [0, 0.05) is 18.5 Å². The number of anilines is 1. The molecule has 1 heterocycles. The van der Waals surface area contributed by atoms with Gasteiger partial charge >= 0.3 is 0 Å². The first-order valence-corrected chi connectivity index (χ1v) is 8.93. The maximum atomic E-state index is 12.1. The quantitative estimate of drug-likeness (QED) is 0.801. The lowest BCUT2D eigenvalue weighted by molar-refractivity contribution is -0.118. The van der Waals surface area contributed by atoms with Crippen LogP contribution < -0.4 is 4.90 Å². The molecule has 4 nitrogen and oxygen atoms in total. The van der Waals surface area contributed by atoms with Crippen LogP contribution in [-0.2, 0) is 10.2 Å². The monoisotopic (exact) mass is 331 g/mol. The third-order valence-corrected chi connectivity index (χ3v) is 4.69. The van der Waals surface area contributed by atoms with Crippen LogP contribution in [0.2, 0.25) is 0 Å². The highest BCUT2D eigenvalue weighted by Gasteiger charge is 2.19. The molecule has 2 rings (SSSR count). The first-order chi connectivity index (χ1) is 10.9. The molecular formula is C18H25N3OS. The van der Waals surface area contributed by atoms with Crippen LogP contribution in [0.15, 0.2) is 24.3 Å². The van der Waals surface area contributed by atoms with Crippen LogP contribution in [0.25, 0.3) is 10.6 Å². The Bertz CT molecular complexity index is 656. The molecule has 23 heavy (non-hydrogen) atoms. The lowest BCUT2D eigenvalue weighted by atomic mass is 9.87. The molecule has 0 aliphatic carbocycles. The van der Waals surface area contributed by atoms with E-state index in [1.807, 2.05) is 6.92 Å². The van der Waals surface area contributed by atoms with E-state index in [1.54, 1.807) is 4.90 Å². The maximum Gasteiger partial charge on any atom is 0.228 e. The summed E-state index contributed by atoms with van der Waals surface area (Å²) >= 11 is 1.47. The molecule has 0 aliphatic heterocycles. The fourth-order valence-electron chi connectivity index (χ4n) is 2.30. The Morgan fingerprint density at radius 1 is 1.13 bits per heavy atom. The predicted molar refractivity (Wildman–Crippen MR) is 97.0 cm³/mol. The second-order valence-electron chi connectivity index (χ2n) is 6.62. The van der Waals surface area contributed by atoms with Crippen molar-refractivity contribution in [3.63, 3.8) is 0 Å². The van der Waals surface area contributed by atoms with E-state index in [2.05, 4.69) is 62.2 Å². The average molecular weight is 331 g/mol. The molecule has 0 aliphatic rings. The SMILES string of the molecule is CCCN(C(=O)CC)c1nnc(-c2ccc(C(C)(C)C)cc2)s1. The normalized spacial score (nSPS) is 11.5. The van der Waals surface area contributed by atoms with Gasteiger partial charge in [0.05, 0.1) is 0 Å². The van der Waals surface area contributed by atoms with E-state index < -0.39 is 0 Å². The van der Waals surface area contributed by atoms with Crippen LogP contribution in [-0.4, -0.2) is 22.6 Å². The van der Waals surface area contributed by atoms with Gasteiger partial charge in [-0.15, -0.1) is 10.2 Å². The van der Waals surface area contributed by atoms with Crippen LogP contribution in [0.3, 0.4) is 0 Å². The third kappa shape index (κ3) is 4.16. The Morgan fingerprint density at radius 2 is 1.78 bits per heavy atom. The summed E-state index contributed by atoms with van der Waals surface area (Å²) in [5.41, 5.74) is 2.47. The number of hydrogen-bond donors (Lipinski definition) is 0. The zero-order valence-electron chi connectivity index (χ0n) is 14.6. The van der Waals surface area contributed by atoms with Gasteiger partial charge in [0.15, 0.2) is 0 Å². The minimum atomic E-state index is 0.0950. The minimum absolute atomic E-state index is 0.0950. The summed E-state index contributed by atoms with van der Waals surface area (Å²) in [5.74, 6) is 0.0950. The fourth-order valence-corrected chi connectivity index (χ4v) is 3.19. The van der Waals surface area contributed by atoms with E-state index in [1.165, 1.54) is 16.9 Å². The molecule has 2 aromatic rings. The van der Waals surface area contributed by atoms with Crippen LogP contribution in [0, 0.1) is 0 Å². The van der Waals surface area contributed by atoms with Crippen molar-refractivity contribution in [1.29, 1.82) is 0 Å². The van der Waals surface area contributed by atoms with Crippen LogP contribution in [0.5, 0.6) is 0 Å². The van der Waals surface area contributed by atoms with Crippen molar-refractivity contribution in [1.82, 2.24) is 10.2 Å². The zero-order valence-corrected chi connectivity index (χ0v) is 15.4. The van der Waals surface area contributed by atoms with Crippen molar-refractivity contribution in [2.45, 2.75) is 52.9 Å². The molecule has 0 bridgehead atoms. The molecule has 0 saturated heterocycles. The van der Waals surface area contributed by atoms with E-state index >= 15 is 0 Å². The molecule has 0 N–H and O–H groups in total. The Morgan fingerprint density at radius 3 is 2.30 bits per heavy atom. The minimum Gasteiger partial charge on any atom is -0.287 e. The number of aromatic nitrogens is 2. The van der Waals surface area contributed by atoms with Crippen molar-refractivity contribution >= 4 is 22.4 Å². The Labute approximate surface area is 142 Å². The van der Waals surface area contributed by atoms with Gasteiger partial charge in [-0.25, -0.2) is 0 Å². The maximum absolute atomic E-state index is 12.1. The second-order valence-corrected chi connectivity index (χ2v) is 7.57. The number of amides is 1. The van der Waals surface area contributed by atoms with Gasteiger partial charge in [0.1, 0.15) is 5.01 Å². The Hall–Kier alpha value is -1.75. The molecule has 1 aromatic carbocycles. The van der Waals surface area contributed by atoms with Crippen molar-refractivity contribution in [3.8, 4) is 10.6 Å². The summed E-state index contributed by atoms with van der Waals surface area (Å²) in [6.07, 6.45) is 1.39.